The molecule has 21 heavy (non-hydrogen) atoms. The number of nitrogens with zero attached hydrogens (tertiary/aromatic N) is 2. The van der Waals surface area contributed by atoms with Crippen LogP contribution in [-0.4, -0.2) is 47.9 Å². The quantitative estimate of drug-likeness (QED) is 0.902. The van der Waals surface area contributed by atoms with Gasteiger partial charge in [0.1, 0.15) is 0 Å². The largest absolute Gasteiger partial charge is 0.396 e. The minimum absolute atomic E-state index is 0.311. The highest BCUT2D eigenvalue weighted by Gasteiger charge is 2.26. The van der Waals surface area contributed by atoms with Gasteiger partial charge >= 0.3 is 0 Å². The molecule has 1 unspecified atom stereocenters. The molecule has 3 rings (SSSR count). The smallest absolute Gasteiger partial charge is 0.0582 e. The standard InChI is InChI=1S/C17H26N2O2/c1-13-2-3-16(15-6-9-21-12-15)17(18-13)11-19-7-4-14(10-19)5-8-20/h2-3,14-15,20H,4-12H2,1H3/t14?,15-/m0/s1. The fourth-order valence-corrected chi connectivity index (χ4v) is 3.59. The summed E-state index contributed by atoms with van der Waals surface area (Å²) < 4.78 is 5.55. The number of hydrogen-bond acceptors (Lipinski definition) is 4. The van der Waals surface area contributed by atoms with Crippen LogP contribution in [-0.2, 0) is 11.3 Å². The van der Waals surface area contributed by atoms with E-state index in [0.29, 0.717) is 18.4 Å². The number of likely N-dealkylation sites (tertiary alicyclic amines) is 1. The number of ether oxygens (including phenoxy) is 1. The van der Waals surface area contributed by atoms with Crippen LogP contribution in [0.2, 0.25) is 0 Å². The van der Waals surface area contributed by atoms with E-state index in [1.807, 2.05) is 0 Å². The van der Waals surface area contributed by atoms with Crippen molar-refractivity contribution in [3.8, 4) is 0 Å². The van der Waals surface area contributed by atoms with Crippen LogP contribution in [0.5, 0.6) is 0 Å². The lowest BCUT2D eigenvalue weighted by Crippen LogP contribution is -2.22. The fourth-order valence-electron chi connectivity index (χ4n) is 3.59. The van der Waals surface area contributed by atoms with Gasteiger partial charge in [-0.05, 0) is 50.3 Å². The summed E-state index contributed by atoms with van der Waals surface area (Å²) in [6.07, 6.45) is 3.25. The number of aliphatic hydroxyl groups is 1. The zero-order valence-corrected chi connectivity index (χ0v) is 12.9. The summed E-state index contributed by atoms with van der Waals surface area (Å²) in [4.78, 5) is 7.29. The highest BCUT2D eigenvalue weighted by atomic mass is 16.5. The van der Waals surface area contributed by atoms with E-state index in [0.717, 1.165) is 51.4 Å². The minimum Gasteiger partial charge on any atom is -0.396 e. The van der Waals surface area contributed by atoms with E-state index in [1.165, 1.54) is 17.7 Å². The van der Waals surface area contributed by atoms with Crippen LogP contribution in [0.1, 0.15) is 42.1 Å². The van der Waals surface area contributed by atoms with Crippen LogP contribution >= 0.6 is 0 Å². The first-order valence-electron chi connectivity index (χ1n) is 8.13. The molecule has 2 atom stereocenters. The minimum atomic E-state index is 0.311. The topological polar surface area (TPSA) is 45.6 Å². The molecule has 2 fully saturated rings. The Balaban J connectivity index is 1.70. The number of rotatable bonds is 5. The third-order valence-electron chi connectivity index (χ3n) is 4.80. The first kappa shape index (κ1) is 14.9. The average molecular weight is 290 g/mol. The molecule has 0 spiro atoms. The van der Waals surface area contributed by atoms with Gasteiger partial charge in [0.15, 0.2) is 0 Å². The van der Waals surface area contributed by atoms with Crippen molar-refractivity contribution in [2.45, 2.75) is 38.6 Å². The van der Waals surface area contributed by atoms with Gasteiger partial charge in [0, 0.05) is 37.9 Å². The van der Waals surface area contributed by atoms with Crippen molar-refractivity contribution in [3.05, 3.63) is 29.1 Å². The lowest BCUT2D eigenvalue weighted by Gasteiger charge is -2.20. The molecule has 1 aromatic heterocycles. The first-order valence-corrected chi connectivity index (χ1v) is 8.13. The van der Waals surface area contributed by atoms with Crippen molar-refractivity contribution >= 4 is 0 Å². The molecule has 4 nitrogen and oxygen atoms in total. The second kappa shape index (κ2) is 6.86. The average Bonchev–Trinajstić information content (AvgIpc) is 3.11. The van der Waals surface area contributed by atoms with Crippen LogP contribution in [0.25, 0.3) is 0 Å². The van der Waals surface area contributed by atoms with Crippen molar-refractivity contribution in [1.29, 1.82) is 0 Å². The molecule has 2 saturated heterocycles. The molecule has 0 aliphatic carbocycles. The zero-order valence-electron chi connectivity index (χ0n) is 12.9. The molecule has 1 aromatic rings. The summed E-state index contributed by atoms with van der Waals surface area (Å²) in [5, 5.41) is 9.08. The number of aromatic nitrogens is 1. The van der Waals surface area contributed by atoms with E-state index < -0.39 is 0 Å². The Morgan fingerprint density at radius 3 is 3.05 bits per heavy atom. The van der Waals surface area contributed by atoms with Crippen LogP contribution in [0.15, 0.2) is 12.1 Å². The predicted molar refractivity (Wildman–Crippen MR) is 82.2 cm³/mol. The molecule has 0 bridgehead atoms. The molecule has 0 saturated carbocycles. The van der Waals surface area contributed by atoms with Gasteiger partial charge in [-0.15, -0.1) is 0 Å². The van der Waals surface area contributed by atoms with Gasteiger partial charge in [-0.25, -0.2) is 0 Å². The van der Waals surface area contributed by atoms with Crippen molar-refractivity contribution < 1.29 is 9.84 Å². The van der Waals surface area contributed by atoms with Crippen molar-refractivity contribution in [2.24, 2.45) is 5.92 Å². The Morgan fingerprint density at radius 2 is 2.29 bits per heavy atom. The Hall–Kier alpha value is -0.970. The molecule has 2 aliphatic heterocycles. The van der Waals surface area contributed by atoms with E-state index in [1.54, 1.807) is 0 Å². The first-order chi connectivity index (χ1) is 10.3. The second-order valence-corrected chi connectivity index (χ2v) is 6.45. The molecule has 0 amide bonds. The lowest BCUT2D eigenvalue weighted by atomic mass is 9.96. The molecular weight excluding hydrogens is 264 g/mol. The summed E-state index contributed by atoms with van der Waals surface area (Å²) in [5.41, 5.74) is 3.71. The maximum atomic E-state index is 9.08. The lowest BCUT2D eigenvalue weighted by molar-refractivity contribution is 0.193. The molecule has 2 aliphatic rings. The van der Waals surface area contributed by atoms with Crippen molar-refractivity contribution in [3.63, 3.8) is 0 Å². The Labute approximate surface area is 127 Å². The number of hydrogen-bond donors (Lipinski definition) is 1. The maximum Gasteiger partial charge on any atom is 0.0582 e. The summed E-state index contributed by atoms with van der Waals surface area (Å²) in [6, 6.07) is 4.37. The van der Waals surface area contributed by atoms with Gasteiger partial charge in [0.25, 0.3) is 0 Å². The van der Waals surface area contributed by atoms with Crippen LogP contribution < -0.4 is 0 Å². The van der Waals surface area contributed by atoms with Gasteiger partial charge in [-0.2, -0.15) is 0 Å². The van der Waals surface area contributed by atoms with Crippen LogP contribution in [0.3, 0.4) is 0 Å². The number of pyridine rings is 1. The Bertz CT molecular complexity index is 472. The molecule has 4 heteroatoms. The van der Waals surface area contributed by atoms with E-state index in [9.17, 15) is 0 Å². The highest BCUT2D eigenvalue weighted by Crippen LogP contribution is 2.29. The summed E-state index contributed by atoms with van der Waals surface area (Å²) in [7, 11) is 0. The molecule has 3 heterocycles. The van der Waals surface area contributed by atoms with E-state index >= 15 is 0 Å². The number of aryl methyl sites for hydroxylation is 1. The van der Waals surface area contributed by atoms with Gasteiger partial charge in [0.05, 0.1) is 12.3 Å². The normalized spacial score (nSPS) is 26.6. The molecule has 0 aromatic carbocycles. The third kappa shape index (κ3) is 3.62. The number of aliphatic hydroxyl groups excluding tert-OH is 1. The van der Waals surface area contributed by atoms with Crippen LogP contribution in [0, 0.1) is 12.8 Å². The van der Waals surface area contributed by atoms with Gasteiger partial charge in [0.2, 0.25) is 0 Å². The van der Waals surface area contributed by atoms with Crippen molar-refractivity contribution in [2.75, 3.05) is 32.9 Å². The van der Waals surface area contributed by atoms with Gasteiger partial charge in [-0.1, -0.05) is 6.07 Å². The van der Waals surface area contributed by atoms with Gasteiger partial charge < -0.3 is 9.84 Å². The summed E-state index contributed by atoms with van der Waals surface area (Å²) in [5.74, 6) is 1.17. The fraction of sp³-hybridized carbons (Fsp3) is 0.706. The molecule has 0 radical (unpaired) electrons. The van der Waals surface area contributed by atoms with Crippen LogP contribution in [0.4, 0.5) is 0 Å². The van der Waals surface area contributed by atoms with E-state index in [2.05, 4.69) is 24.0 Å². The maximum absolute atomic E-state index is 9.08. The molecular formula is C17H26N2O2. The Morgan fingerprint density at radius 1 is 1.38 bits per heavy atom. The molecule has 116 valence electrons. The zero-order chi connectivity index (χ0) is 14.7. The SMILES string of the molecule is Cc1ccc([C@H]2CCOC2)c(CN2CCC(CCO)C2)n1. The highest BCUT2D eigenvalue weighted by molar-refractivity contribution is 5.27. The Kier molecular flexibility index (Phi) is 4.88. The molecule has 1 N–H and O–H groups in total. The predicted octanol–water partition coefficient (Wildman–Crippen LogP) is 2.10. The third-order valence-corrected chi connectivity index (χ3v) is 4.80. The van der Waals surface area contributed by atoms with Gasteiger partial charge in [-0.3, -0.25) is 9.88 Å². The van der Waals surface area contributed by atoms with Crippen molar-refractivity contribution in [1.82, 2.24) is 9.88 Å². The summed E-state index contributed by atoms with van der Waals surface area (Å²) >= 11 is 0. The summed E-state index contributed by atoms with van der Waals surface area (Å²) in [6.45, 7) is 7.25. The second-order valence-electron chi connectivity index (χ2n) is 6.45. The van der Waals surface area contributed by atoms with E-state index in [-0.39, 0.29) is 0 Å². The monoisotopic (exact) mass is 290 g/mol. The van der Waals surface area contributed by atoms with E-state index in [4.69, 9.17) is 14.8 Å².